The summed E-state index contributed by atoms with van der Waals surface area (Å²) < 4.78 is 17.0. The molecular weight excluding hydrogens is 223 g/mol. The van der Waals surface area contributed by atoms with Gasteiger partial charge >= 0.3 is 6.09 Å². The number of nitrogens with one attached hydrogen (secondary N) is 2. The van der Waals surface area contributed by atoms with Crippen LogP contribution in [0.1, 0.15) is 40.5 Å². The van der Waals surface area contributed by atoms with Gasteiger partial charge in [0.1, 0.15) is 12.3 Å². The van der Waals surface area contributed by atoms with E-state index in [9.17, 15) is 9.18 Å². The molecule has 0 radical (unpaired) electrons. The van der Waals surface area contributed by atoms with Gasteiger partial charge in [0.25, 0.3) is 0 Å². The van der Waals surface area contributed by atoms with Crippen LogP contribution in [0.3, 0.4) is 0 Å². The first-order valence-corrected chi connectivity index (χ1v) is 6.11. The van der Waals surface area contributed by atoms with E-state index in [0.717, 1.165) is 12.8 Å². The molecule has 0 bridgehead atoms. The summed E-state index contributed by atoms with van der Waals surface area (Å²) in [5, 5.41) is 5.73. The SMILES string of the molecule is CC(CCCNC(=O)OC(C)(C)C)NCCF. The average molecular weight is 248 g/mol. The van der Waals surface area contributed by atoms with Gasteiger partial charge in [-0.25, -0.2) is 9.18 Å². The third-order valence-electron chi connectivity index (χ3n) is 2.07. The highest BCUT2D eigenvalue weighted by molar-refractivity contribution is 5.67. The standard InChI is InChI=1S/C12H25FN2O2/c1-10(14-9-7-13)6-5-8-15-11(16)17-12(2,3)4/h10,14H,5-9H2,1-4H3,(H,15,16). The Morgan fingerprint density at radius 3 is 2.53 bits per heavy atom. The number of carbonyl (C=O) groups excluding carboxylic acids is 1. The van der Waals surface area contributed by atoms with Crippen molar-refractivity contribution in [2.24, 2.45) is 0 Å². The molecule has 1 amide bonds. The molecule has 102 valence electrons. The van der Waals surface area contributed by atoms with Crippen LogP contribution in [-0.4, -0.2) is 37.5 Å². The number of hydrogen-bond donors (Lipinski definition) is 2. The molecular formula is C12H25FN2O2. The predicted octanol–water partition coefficient (Wildman–Crippen LogP) is 2.24. The maximum atomic E-state index is 11.9. The Morgan fingerprint density at radius 2 is 2.00 bits per heavy atom. The van der Waals surface area contributed by atoms with E-state index in [-0.39, 0.29) is 18.8 Å². The Hall–Kier alpha value is -0.840. The molecule has 0 aromatic rings. The zero-order valence-electron chi connectivity index (χ0n) is 11.3. The van der Waals surface area contributed by atoms with E-state index in [1.54, 1.807) is 0 Å². The molecule has 0 aromatic heterocycles. The summed E-state index contributed by atoms with van der Waals surface area (Å²) in [7, 11) is 0. The molecule has 0 aliphatic carbocycles. The minimum atomic E-state index is -0.458. The van der Waals surface area contributed by atoms with Gasteiger partial charge in [-0.2, -0.15) is 0 Å². The van der Waals surface area contributed by atoms with E-state index in [2.05, 4.69) is 10.6 Å². The molecule has 0 aliphatic rings. The van der Waals surface area contributed by atoms with E-state index in [1.165, 1.54) is 0 Å². The van der Waals surface area contributed by atoms with Gasteiger partial charge in [-0.1, -0.05) is 0 Å². The molecule has 2 N–H and O–H groups in total. The third kappa shape index (κ3) is 11.4. The Bertz CT molecular complexity index is 217. The fraction of sp³-hybridized carbons (Fsp3) is 0.917. The summed E-state index contributed by atoms with van der Waals surface area (Å²) in [6.45, 7) is 8.11. The van der Waals surface area contributed by atoms with Crippen molar-refractivity contribution in [2.75, 3.05) is 19.8 Å². The molecule has 0 aliphatic heterocycles. The molecule has 4 nitrogen and oxygen atoms in total. The van der Waals surface area contributed by atoms with Crippen molar-refractivity contribution in [2.45, 2.75) is 52.2 Å². The Balaban J connectivity index is 3.48. The minimum absolute atomic E-state index is 0.270. The highest BCUT2D eigenvalue weighted by atomic mass is 19.1. The van der Waals surface area contributed by atoms with Gasteiger partial charge in [-0.3, -0.25) is 0 Å². The van der Waals surface area contributed by atoms with Crippen molar-refractivity contribution in [1.82, 2.24) is 10.6 Å². The fourth-order valence-corrected chi connectivity index (χ4v) is 1.32. The van der Waals surface area contributed by atoms with Gasteiger partial charge in [0.05, 0.1) is 0 Å². The van der Waals surface area contributed by atoms with Gasteiger partial charge in [0.2, 0.25) is 0 Å². The van der Waals surface area contributed by atoms with Gasteiger partial charge in [-0.15, -0.1) is 0 Å². The van der Waals surface area contributed by atoms with Gasteiger partial charge in [0.15, 0.2) is 0 Å². The Labute approximate surface area is 103 Å². The van der Waals surface area contributed by atoms with Crippen LogP contribution in [0.4, 0.5) is 9.18 Å². The number of ether oxygens (including phenoxy) is 1. The van der Waals surface area contributed by atoms with Gasteiger partial charge in [0, 0.05) is 19.1 Å². The van der Waals surface area contributed by atoms with Crippen LogP contribution in [-0.2, 0) is 4.74 Å². The van der Waals surface area contributed by atoms with Crippen LogP contribution in [0, 0.1) is 0 Å². The number of carbonyl (C=O) groups is 1. The second kappa shape index (κ2) is 8.28. The van der Waals surface area contributed by atoms with E-state index < -0.39 is 5.60 Å². The van der Waals surface area contributed by atoms with Crippen LogP contribution < -0.4 is 10.6 Å². The lowest BCUT2D eigenvalue weighted by Crippen LogP contribution is -2.34. The molecule has 1 atom stereocenters. The van der Waals surface area contributed by atoms with Crippen molar-refractivity contribution in [1.29, 1.82) is 0 Å². The number of halogens is 1. The quantitative estimate of drug-likeness (QED) is 0.679. The van der Waals surface area contributed by atoms with Crippen LogP contribution in [0.15, 0.2) is 0 Å². The topological polar surface area (TPSA) is 50.4 Å². The molecule has 0 rings (SSSR count). The normalized spacial score (nSPS) is 13.2. The van der Waals surface area contributed by atoms with Crippen molar-refractivity contribution in [3.8, 4) is 0 Å². The Morgan fingerprint density at radius 1 is 1.35 bits per heavy atom. The largest absolute Gasteiger partial charge is 0.444 e. The van der Waals surface area contributed by atoms with Gasteiger partial charge < -0.3 is 15.4 Å². The van der Waals surface area contributed by atoms with Crippen molar-refractivity contribution < 1.29 is 13.9 Å². The lowest BCUT2D eigenvalue weighted by molar-refractivity contribution is 0.0526. The zero-order chi connectivity index (χ0) is 13.3. The predicted molar refractivity (Wildman–Crippen MR) is 66.9 cm³/mol. The summed E-state index contributed by atoms with van der Waals surface area (Å²) >= 11 is 0. The Kier molecular flexibility index (Phi) is 7.87. The number of hydrogen-bond acceptors (Lipinski definition) is 3. The molecule has 0 fully saturated rings. The van der Waals surface area contributed by atoms with Crippen molar-refractivity contribution >= 4 is 6.09 Å². The molecule has 0 saturated carbocycles. The second-order valence-electron chi connectivity index (χ2n) is 5.12. The van der Waals surface area contributed by atoms with E-state index >= 15 is 0 Å². The number of alkyl carbamates (subject to hydrolysis) is 1. The molecule has 0 heterocycles. The van der Waals surface area contributed by atoms with Gasteiger partial charge in [-0.05, 0) is 40.5 Å². The molecule has 1 unspecified atom stereocenters. The lowest BCUT2D eigenvalue weighted by atomic mass is 10.2. The summed E-state index contributed by atoms with van der Waals surface area (Å²) in [5.41, 5.74) is -0.458. The lowest BCUT2D eigenvalue weighted by Gasteiger charge is -2.20. The first-order valence-electron chi connectivity index (χ1n) is 6.11. The highest BCUT2D eigenvalue weighted by Gasteiger charge is 2.15. The summed E-state index contributed by atoms with van der Waals surface area (Å²) in [4.78, 5) is 11.3. The first-order chi connectivity index (χ1) is 7.85. The monoisotopic (exact) mass is 248 g/mol. The number of alkyl halides is 1. The third-order valence-corrected chi connectivity index (χ3v) is 2.07. The zero-order valence-corrected chi connectivity index (χ0v) is 11.3. The van der Waals surface area contributed by atoms with E-state index in [0.29, 0.717) is 13.1 Å². The summed E-state index contributed by atoms with van der Waals surface area (Å²) in [5.74, 6) is 0. The van der Waals surface area contributed by atoms with Crippen LogP contribution >= 0.6 is 0 Å². The van der Waals surface area contributed by atoms with E-state index in [4.69, 9.17) is 4.74 Å². The highest BCUT2D eigenvalue weighted by Crippen LogP contribution is 2.06. The molecule has 17 heavy (non-hydrogen) atoms. The molecule has 5 heteroatoms. The average Bonchev–Trinajstić information content (AvgIpc) is 2.19. The summed E-state index contributed by atoms with van der Waals surface area (Å²) in [6.07, 6.45) is 1.36. The molecule has 0 aromatic carbocycles. The summed E-state index contributed by atoms with van der Waals surface area (Å²) in [6, 6.07) is 0.270. The maximum absolute atomic E-state index is 11.9. The second-order valence-corrected chi connectivity index (χ2v) is 5.12. The maximum Gasteiger partial charge on any atom is 0.407 e. The smallest absolute Gasteiger partial charge is 0.407 e. The van der Waals surface area contributed by atoms with Crippen LogP contribution in [0.2, 0.25) is 0 Å². The van der Waals surface area contributed by atoms with E-state index in [1.807, 2.05) is 27.7 Å². The molecule has 0 saturated heterocycles. The van der Waals surface area contributed by atoms with Crippen molar-refractivity contribution in [3.63, 3.8) is 0 Å². The fourth-order valence-electron chi connectivity index (χ4n) is 1.32. The number of amides is 1. The first kappa shape index (κ1) is 16.2. The van der Waals surface area contributed by atoms with Crippen LogP contribution in [0.25, 0.3) is 0 Å². The van der Waals surface area contributed by atoms with Crippen molar-refractivity contribution in [3.05, 3.63) is 0 Å². The minimum Gasteiger partial charge on any atom is -0.444 e. The van der Waals surface area contributed by atoms with Crippen LogP contribution in [0.5, 0.6) is 0 Å². The molecule has 0 spiro atoms. The number of rotatable bonds is 7.